The monoisotopic (exact) mass is 221 g/mol. The summed E-state index contributed by atoms with van der Waals surface area (Å²) in [5, 5.41) is 22.1. The fourth-order valence-corrected chi connectivity index (χ4v) is 1.30. The van der Waals surface area contributed by atoms with E-state index in [9.17, 15) is 20.0 Å². The summed E-state index contributed by atoms with van der Waals surface area (Å²) in [7, 11) is 0. The predicted octanol–water partition coefficient (Wildman–Crippen LogP) is 0.779. The van der Waals surface area contributed by atoms with Crippen molar-refractivity contribution in [2.24, 2.45) is 0 Å². The first kappa shape index (κ1) is 9.97. The van der Waals surface area contributed by atoms with Crippen molar-refractivity contribution in [2.75, 3.05) is 0 Å². The molecule has 0 fully saturated rings. The second kappa shape index (κ2) is 3.54. The van der Waals surface area contributed by atoms with Gasteiger partial charge in [-0.3, -0.25) is 20.0 Å². The summed E-state index contributed by atoms with van der Waals surface area (Å²) in [5.41, 5.74) is -0.0706. The number of nitrogens with one attached hydrogen (secondary N) is 1. The van der Waals surface area contributed by atoms with Gasteiger partial charge in [-0.25, -0.2) is 4.68 Å². The van der Waals surface area contributed by atoms with Crippen molar-refractivity contribution < 1.29 is 10.0 Å². The number of hydrogen-bond acceptors (Lipinski definition) is 4. The zero-order valence-electron chi connectivity index (χ0n) is 7.95. The van der Waals surface area contributed by atoms with Gasteiger partial charge in [0.1, 0.15) is 0 Å². The van der Waals surface area contributed by atoms with E-state index in [2.05, 4.69) is 5.10 Å². The van der Waals surface area contributed by atoms with Crippen LogP contribution in [-0.2, 0) is 0 Å². The molecule has 1 aromatic heterocycles. The molecule has 7 nitrogen and oxygen atoms in total. The van der Waals surface area contributed by atoms with Crippen LogP contribution in [0.25, 0.3) is 5.69 Å². The third kappa shape index (κ3) is 1.65. The molecule has 1 heterocycles. The molecule has 1 aromatic carbocycles. The largest absolute Gasteiger partial charge is 0.493 e. The SMILES string of the molecule is O=c1cc(O)n(-c2ccc([N+](=O)[O-])cc2)[nH]1. The highest BCUT2D eigenvalue weighted by molar-refractivity contribution is 5.41. The molecule has 0 saturated carbocycles. The van der Waals surface area contributed by atoms with Gasteiger partial charge in [-0.1, -0.05) is 0 Å². The van der Waals surface area contributed by atoms with Gasteiger partial charge >= 0.3 is 0 Å². The van der Waals surface area contributed by atoms with E-state index in [-0.39, 0.29) is 11.6 Å². The highest BCUT2D eigenvalue weighted by atomic mass is 16.6. The third-order valence-electron chi connectivity index (χ3n) is 2.03. The number of nitrogens with zero attached hydrogens (tertiary/aromatic N) is 2. The molecule has 0 unspecified atom stereocenters. The Kier molecular flexibility index (Phi) is 2.20. The van der Waals surface area contributed by atoms with Gasteiger partial charge in [-0.2, -0.15) is 0 Å². The smallest absolute Gasteiger partial charge is 0.269 e. The van der Waals surface area contributed by atoms with Crippen LogP contribution in [0.4, 0.5) is 5.69 Å². The molecule has 0 aliphatic heterocycles. The minimum atomic E-state index is -0.526. The minimum absolute atomic E-state index is 0.0576. The number of aromatic nitrogens is 2. The van der Waals surface area contributed by atoms with Crippen LogP contribution < -0.4 is 5.56 Å². The summed E-state index contributed by atoms with van der Waals surface area (Å²) >= 11 is 0. The lowest BCUT2D eigenvalue weighted by Crippen LogP contribution is -2.03. The predicted molar refractivity (Wildman–Crippen MR) is 54.7 cm³/mol. The average molecular weight is 221 g/mol. The zero-order chi connectivity index (χ0) is 11.7. The Morgan fingerprint density at radius 2 is 1.94 bits per heavy atom. The molecule has 0 saturated heterocycles. The fourth-order valence-electron chi connectivity index (χ4n) is 1.30. The lowest BCUT2D eigenvalue weighted by Gasteiger charge is -2.02. The van der Waals surface area contributed by atoms with Crippen molar-refractivity contribution in [1.82, 2.24) is 9.78 Å². The van der Waals surface area contributed by atoms with Crippen molar-refractivity contribution in [1.29, 1.82) is 0 Å². The van der Waals surface area contributed by atoms with E-state index in [1.165, 1.54) is 24.3 Å². The molecule has 16 heavy (non-hydrogen) atoms. The van der Waals surface area contributed by atoms with Crippen LogP contribution >= 0.6 is 0 Å². The van der Waals surface area contributed by atoms with E-state index in [1.807, 2.05) is 0 Å². The van der Waals surface area contributed by atoms with Gasteiger partial charge in [0, 0.05) is 12.1 Å². The summed E-state index contributed by atoms with van der Waals surface area (Å²) < 4.78 is 1.13. The lowest BCUT2D eigenvalue weighted by atomic mass is 10.3. The Labute approximate surface area is 88.7 Å². The van der Waals surface area contributed by atoms with Gasteiger partial charge in [-0.15, -0.1) is 0 Å². The Bertz CT molecular complexity index is 582. The number of nitro benzene ring substituents is 1. The average Bonchev–Trinajstić information content (AvgIpc) is 2.58. The van der Waals surface area contributed by atoms with E-state index >= 15 is 0 Å². The maximum atomic E-state index is 10.9. The van der Waals surface area contributed by atoms with Gasteiger partial charge in [-0.05, 0) is 12.1 Å². The Balaban J connectivity index is 2.46. The quantitative estimate of drug-likeness (QED) is 0.577. The molecule has 0 radical (unpaired) electrons. The maximum Gasteiger partial charge on any atom is 0.269 e. The third-order valence-corrected chi connectivity index (χ3v) is 2.03. The van der Waals surface area contributed by atoms with Gasteiger partial charge in [0.25, 0.3) is 11.2 Å². The Morgan fingerprint density at radius 1 is 1.31 bits per heavy atom. The van der Waals surface area contributed by atoms with E-state index in [0.29, 0.717) is 5.69 Å². The molecule has 7 heteroatoms. The van der Waals surface area contributed by atoms with Crippen molar-refractivity contribution in [3.05, 3.63) is 50.8 Å². The summed E-state index contributed by atoms with van der Waals surface area (Å²) in [5.74, 6) is -0.251. The number of aromatic amines is 1. The van der Waals surface area contributed by atoms with Crippen molar-refractivity contribution in [3.63, 3.8) is 0 Å². The van der Waals surface area contributed by atoms with Gasteiger partial charge < -0.3 is 5.11 Å². The first-order valence-corrected chi connectivity index (χ1v) is 4.34. The summed E-state index contributed by atoms with van der Waals surface area (Å²) in [4.78, 5) is 20.8. The number of H-pyrrole nitrogens is 1. The fraction of sp³-hybridized carbons (Fsp3) is 0. The van der Waals surface area contributed by atoms with E-state index in [0.717, 1.165) is 10.7 Å². The van der Waals surface area contributed by atoms with Crippen LogP contribution in [0.3, 0.4) is 0 Å². The summed E-state index contributed by atoms with van der Waals surface area (Å²) in [6.07, 6.45) is 0. The highest BCUT2D eigenvalue weighted by Crippen LogP contribution is 2.17. The Hall–Kier alpha value is -2.57. The maximum absolute atomic E-state index is 10.9. The van der Waals surface area contributed by atoms with Crippen LogP contribution in [0, 0.1) is 10.1 Å². The van der Waals surface area contributed by atoms with E-state index < -0.39 is 10.5 Å². The van der Waals surface area contributed by atoms with Gasteiger partial charge in [0.2, 0.25) is 5.88 Å². The van der Waals surface area contributed by atoms with Crippen LogP contribution in [0.2, 0.25) is 0 Å². The molecule has 82 valence electrons. The molecule has 2 rings (SSSR count). The van der Waals surface area contributed by atoms with Crippen LogP contribution in [0.5, 0.6) is 5.88 Å². The molecule has 2 N–H and O–H groups in total. The molecule has 0 spiro atoms. The van der Waals surface area contributed by atoms with E-state index in [1.54, 1.807) is 0 Å². The van der Waals surface area contributed by atoms with Crippen LogP contribution in [0.15, 0.2) is 35.1 Å². The second-order valence-corrected chi connectivity index (χ2v) is 3.09. The molecule has 0 atom stereocenters. The number of hydrogen-bond donors (Lipinski definition) is 2. The number of aromatic hydroxyl groups is 1. The standard InChI is InChI=1S/C9H7N3O4/c13-8-5-9(14)11(10-8)6-1-3-7(4-2-6)12(15)16/h1-5,14H,(H,10,13). The lowest BCUT2D eigenvalue weighted by molar-refractivity contribution is -0.384. The normalized spacial score (nSPS) is 10.2. The van der Waals surface area contributed by atoms with Crippen molar-refractivity contribution in [2.45, 2.75) is 0 Å². The molecule has 0 aliphatic carbocycles. The van der Waals surface area contributed by atoms with Gasteiger partial charge in [0.05, 0.1) is 16.7 Å². The zero-order valence-corrected chi connectivity index (χ0v) is 7.95. The molecule has 0 aliphatic rings. The minimum Gasteiger partial charge on any atom is -0.493 e. The number of benzene rings is 1. The van der Waals surface area contributed by atoms with E-state index in [4.69, 9.17) is 0 Å². The van der Waals surface area contributed by atoms with Crippen LogP contribution in [-0.4, -0.2) is 19.8 Å². The first-order chi connectivity index (χ1) is 7.58. The van der Waals surface area contributed by atoms with Crippen LogP contribution in [0.1, 0.15) is 0 Å². The van der Waals surface area contributed by atoms with Crippen molar-refractivity contribution in [3.8, 4) is 11.6 Å². The number of rotatable bonds is 2. The molecule has 0 amide bonds. The summed E-state index contributed by atoms with van der Waals surface area (Å²) in [6.45, 7) is 0. The molecular formula is C9H7N3O4. The Morgan fingerprint density at radius 3 is 2.38 bits per heavy atom. The number of non-ortho nitro benzene ring substituents is 1. The highest BCUT2D eigenvalue weighted by Gasteiger charge is 2.07. The second-order valence-electron chi connectivity index (χ2n) is 3.09. The molecular weight excluding hydrogens is 214 g/mol. The topological polar surface area (TPSA) is 101 Å². The summed E-state index contributed by atoms with van der Waals surface area (Å²) in [6, 6.07) is 6.43. The first-order valence-electron chi connectivity index (χ1n) is 4.34. The number of nitro groups is 1. The van der Waals surface area contributed by atoms with Crippen molar-refractivity contribution >= 4 is 5.69 Å². The molecule has 0 bridgehead atoms. The van der Waals surface area contributed by atoms with Gasteiger partial charge in [0.15, 0.2) is 0 Å². The molecule has 2 aromatic rings.